The van der Waals surface area contributed by atoms with Crippen LogP contribution in [0.4, 0.5) is 4.39 Å². The molecule has 0 aliphatic carbocycles. The second-order valence-electron chi connectivity index (χ2n) is 7.46. The number of nitrogens with zero attached hydrogens (tertiary/aromatic N) is 1. The summed E-state index contributed by atoms with van der Waals surface area (Å²) in [6.45, 7) is 2.03. The van der Waals surface area contributed by atoms with Crippen LogP contribution in [0.25, 0.3) is 11.6 Å². The number of ketones is 2. The predicted octanol–water partition coefficient (Wildman–Crippen LogP) is 5.28. The van der Waals surface area contributed by atoms with E-state index in [9.17, 15) is 14.0 Å². The molecule has 0 saturated heterocycles. The Hall–Kier alpha value is -3.99. The summed E-state index contributed by atoms with van der Waals surface area (Å²) in [5, 5.41) is 0. The van der Waals surface area contributed by atoms with E-state index in [1.807, 2.05) is 53.9 Å². The summed E-state index contributed by atoms with van der Waals surface area (Å²) in [7, 11) is 0. The van der Waals surface area contributed by atoms with Crippen molar-refractivity contribution in [3.05, 3.63) is 112 Å². The summed E-state index contributed by atoms with van der Waals surface area (Å²) in [5.74, 6) is -0.104. The topological polar surface area (TPSA) is 47.8 Å². The third-order valence-corrected chi connectivity index (χ3v) is 5.58. The molecule has 31 heavy (non-hydrogen) atoms. The van der Waals surface area contributed by atoms with Crippen molar-refractivity contribution in [1.82, 2.24) is 4.40 Å². The standard InChI is InChI=1S/C26H18FNO3/c1-16-21(14-18-15-31-23-8-3-2-6-20(23)25(18)29)22-7-4-5-13-28(22)24(16)26(30)17-9-11-19(27)12-10-17/h2-14H,15H2,1H3/b18-14-. The van der Waals surface area contributed by atoms with Crippen LogP contribution in [0.1, 0.15) is 37.5 Å². The monoisotopic (exact) mass is 411 g/mol. The van der Waals surface area contributed by atoms with Crippen LogP contribution in [0.5, 0.6) is 5.75 Å². The highest BCUT2D eigenvalue weighted by atomic mass is 19.1. The lowest BCUT2D eigenvalue weighted by molar-refractivity contribution is 0.0999. The fraction of sp³-hybridized carbons (Fsp3) is 0.0769. The predicted molar refractivity (Wildman–Crippen MR) is 116 cm³/mol. The summed E-state index contributed by atoms with van der Waals surface area (Å²) in [6.07, 6.45) is 3.62. The lowest BCUT2D eigenvalue weighted by Crippen LogP contribution is -2.18. The molecule has 0 radical (unpaired) electrons. The minimum atomic E-state index is -0.394. The largest absolute Gasteiger partial charge is 0.488 e. The van der Waals surface area contributed by atoms with Crippen LogP contribution in [-0.2, 0) is 0 Å². The van der Waals surface area contributed by atoms with Crippen molar-refractivity contribution in [1.29, 1.82) is 0 Å². The Morgan fingerprint density at radius 3 is 2.58 bits per heavy atom. The second-order valence-corrected chi connectivity index (χ2v) is 7.46. The van der Waals surface area contributed by atoms with Crippen molar-refractivity contribution in [3.63, 3.8) is 0 Å². The number of benzene rings is 2. The van der Waals surface area contributed by atoms with Gasteiger partial charge in [-0.2, -0.15) is 0 Å². The first-order valence-electron chi connectivity index (χ1n) is 9.91. The van der Waals surface area contributed by atoms with E-state index in [1.165, 1.54) is 24.3 Å². The van der Waals surface area contributed by atoms with Gasteiger partial charge in [0.15, 0.2) is 5.78 Å². The van der Waals surface area contributed by atoms with Crippen LogP contribution in [-0.4, -0.2) is 22.6 Å². The van der Waals surface area contributed by atoms with Crippen molar-refractivity contribution in [2.24, 2.45) is 0 Å². The summed E-state index contributed by atoms with van der Waals surface area (Å²) in [4.78, 5) is 26.3. The molecule has 0 fully saturated rings. The van der Waals surface area contributed by atoms with Crippen molar-refractivity contribution in [2.75, 3.05) is 6.61 Å². The third-order valence-electron chi connectivity index (χ3n) is 5.58. The van der Waals surface area contributed by atoms with Gasteiger partial charge in [0.05, 0.1) is 16.8 Å². The number of hydrogen-bond donors (Lipinski definition) is 0. The number of carbonyl (C=O) groups excluding carboxylic acids is 2. The molecule has 4 aromatic rings. The fourth-order valence-electron chi connectivity index (χ4n) is 4.01. The molecule has 1 aliphatic heterocycles. The highest BCUT2D eigenvalue weighted by Crippen LogP contribution is 2.31. The molecule has 1 aliphatic rings. The number of halogens is 1. The van der Waals surface area contributed by atoms with Gasteiger partial charge in [0.2, 0.25) is 5.78 Å². The summed E-state index contributed by atoms with van der Waals surface area (Å²) < 4.78 is 20.9. The number of rotatable bonds is 3. The smallest absolute Gasteiger partial charge is 0.210 e. The zero-order chi connectivity index (χ0) is 21.5. The SMILES string of the molecule is Cc1c(/C=C2/COc3ccccc3C2=O)c2ccccn2c1C(=O)c1ccc(F)cc1. The molecule has 2 aromatic carbocycles. The molecule has 0 bridgehead atoms. The lowest BCUT2D eigenvalue weighted by atomic mass is 9.97. The molecule has 152 valence electrons. The Labute approximate surface area is 178 Å². The Kier molecular flexibility index (Phi) is 4.51. The van der Waals surface area contributed by atoms with E-state index in [1.54, 1.807) is 12.1 Å². The maximum atomic E-state index is 13.3. The summed E-state index contributed by atoms with van der Waals surface area (Å²) in [5.41, 5.74) is 4.29. The Balaban J connectivity index is 1.65. The van der Waals surface area contributed by atoms with E-state index >= 15 is 0 Å². The van der Waals surface area contributed by atoms with Crippen LogP contribution in [0.3, 0.4) is 0 Å². The van der Waals surface area contributed by atoms with Crippen LogP contribution in [0, 0.1) is 12.7 Å². The molecule has 0 spiro atoms. The number of carbonyl (C=O) groups is 2. The minimum Gasteiger partial charge on any atom is -0.488 e. The molecule has 0 saturated carbocycles. The van der Waals surface area contributed by atoms with E-state index in [0.29, 0.717) is 28.1 Å². The van der Waals surface area contributed by atoms with Crippen molar-refractivity contribution < 1.29 is 18.7 Å². The highest BCUT2D eigenvalue weighted by molar-refractivity contribution is 6.15. The molecule has 5 rings (SSSR count). The molecule has 0 amide bonds. The zero-order valence-corrected chi connectivity index (χ0v) is 16.8. The van der Waals surface area contributed by atoms with Crippen molar-refractivity contribution in [3.8, 4) is 5.75 Å². The first-order valence-corrected chi connectivity index (χ1v) is 9.91. The lowest BCUT2D eigenvalue weighted by Gasteiger charge is -2.18. The highest BCUT2D eigenvalue weighted by Gasteiger charge is 2.25. The maximum Gasteiger partial charge on any atom is 0.210 e. The Bertz CT molecular complexity index is 1380. The Morgan fingerprint density at radius 2 is 1.77 bits per heavy atom. The fourth-order valence-corrected chi connectivity index (χ4v) is 4.01. The molecule has 5 heteroatoms. The summed E-state index contributed by atoms with van der Waals surface area (Å²) >= 11 is 0. The molecule has 2 aromatic heterocycles. The van der Waals surface area contributed by atoms with Gasteiger partial charge in [0, 0.05) is 22.9 Å². The quantitative estimate of drug-likeness (QED) is 0.341. The van der Waals surface area contributed by atoms with Gasteiger partial charge in [0.1, 0.15) is 18.2 Å². The van der Waals surface area contributed by atoms with Crippen LogP contribution in [0.2, 0.25) is 0 Å². The van der Waals surface area contributed by atoms with Gasteiger partial charge >= 0.3 is 0 Å². The zero-order valence-electron chi connectivity index (χ0n) is 16.8. The third kappa shape index (κ3) is 3.15. The van der Waals surface area contributed by atoms with Gasteiger partial charge in [0.25, 0.3) is 0 Å². The second kappa shape index (κ2) is 7.36. The Morgan fingerprint density at radius 1 is 1.03 bits per heavy atom. The minimum absolute atomic E-state index is 0.0806. The van der Waals surface area contributed by atoms with E-state index in [0.717, 1.165) is 16.6 Å². The van der Waals surface area contributed by atoms with Crippen LogP contribution < -0.4 is 4.74 Å². The van der Waals surface area contributed by atoms with Gasteiger partial charge < -0.3 is 9.14 Å². The van der Waals surface area contributed by atoms with Gasteiger partial charge in [-0.3, -0.25) is 9.59 Å². The van der Waals surface area contributed by atoms with E-state index in [-0.39, 0.29) is 18.2 Å². The molecule has 0 atom stereocenters. The molecule has 3 heterocycles. The summed E-state index contributed by atoms with van der Waals surface area (Å²) in [6, 6.07) is 18.3. The van der Waals surface area contributed by atoms with Gasteiger partial charge in [-0.15, -0.1) is 0 Å². The number of ether oxygens (including phenoxy) is 1. The van der Waals surface area contributed by atoms with E-state index in [2.05, 4.69) is 0 Å². The number of aromatic nitrogens is 1. The van der Waals surface area contributed by atoms with Crippen molar-refractivity contribution in [2.45, 2.75) is 6.92 Å². The molecular weight excluding hydrogens is 393 g/mol. The average Bonchev–Trinajstić information content (AvgIpc) is 3.07. The molecule has 4 nitrogen and oxygen atoms in total. The first-order chi connectivity index (χ1) is 15.0. The van der Waals surface area contributed by atoms with E-state index in [4.69, 9.17) is 4.74 Å². The number of Topliss-reactive ketones (excluding diaryl/α,β-unsaturated/α-hetero) is 1. The normalized spacial score (nSPS) is 14.5. The van der Waals surface area contributed by atoms with Crippen LogP contribution in [0.15, 0.2) is 78.5 Å². The number of fused-ring (bicyclic) bond motifs is 2. The number of pyridine rings is 1. The van der Waals surface area contributed by atoms with Gasteiger partial charge in [-0.05, 0) is 67.1 Å². The molecule has 0 unspecified atom stereocenters. The maximum absolute atomic E-state index is 13.3. The van der Waals surface area contributed by atoms with Crippen LogP contribution >= 0.6 is 0 Å². The van der Waals surface area contributed by atoms with E-state index < -0.39 is 5.82 Å². The average molecular weight is 411 g/mol. The van der Waals surface area contributed by atoms with Crippen molar-refractivity contribution >= 4 is 23.2 Å². The first kappa shape index (κ1) is 19.0. The molecule has 0 N–H and O–H groups in total. The van der Waals surface area contributed by atoms with Gasteiger partial charge in [-0.25, -0.2) is 4.39 Å². The number of hydrogen-bond acceptors (Lipinski definition) is 3. The number of para-hydroxylation sites is 1. The molecular formula is C26H18FNO3. The van der Waals surface area contributed by atoms with Gasteiger partial charge in [-0.1, -0.05) is 18.2 Å².